The predicted molar refractivity (Wildman–Crippen MR) is 110 cm³/mol. The molecular formula is C23H23N3O2. The Hall–Kier alpha value is -3.10. The Labute approximate surface area is 164 Å². The second-order valence-corrected chi connectivity index (χ2v) is 6.99. The van der Waals surface area contributed by atoms with Crippen molar-refractivity contribution in [3.63, 3.8) is 0 Å². The van der Waals surface area contributed by atoms with Crippen molar-refractivity contribution in [3.05, 3.63) is 59.8 Å². The maximum Gasteiger partial charge on any atom is 0.167 e. The Bertz CT molecular complexity index is 1010. The Morgan fingerprint density at radius 1 is 1.11 bits per heavy atom. The molecule has 0 bridgehead atoms. The number of rotatable bonds is 6. The average Bonchev–Trinajstić information content (AvgIpc) is 3.18. The fourth-order valence-corrected chi connectivity index (χ4v) is 3.59. The van der Waals surface area contributed by atoms with Crippen LogP contribution in [0.2, 0.25) is 0 Å². The lowest BCUT2D eigenvalue weighted by atomic mass is 10.1. The summed E-state index contributed by atoms with van der Waals surface area (Å²) in [7, 11) is 0. The number of hydrogen-bond donors (Lipinski definition) is 0. The minimum absolute atomic E-state index is 0.456. The van der Waals surface area contributed by atoms with Crippen molar-refractivity contribution in [2.24, 2.45) is 0 Å². The summed E-state index contributed by atoms with van der Waals surface area (Å²) in [5.74, 6) is 0.778. The quantitative estimate of drug-likeness (QED) is 0.583. The monoisotopic (exact) mass is 373 g/mol. The molecule has 3 aromatic rings. The number of aromatic nitrogens is 1. The molecule has 4 rings (SSSR count). The van der Waals surface area contributed by atoms with Crippen LogP contribution in [0.3, 0.4) is 0 Å². The Balaban J connectivity index is 1.54. The molecule has 2 heterocycles. The number of benzene rings is 2. The molecular weight excluding hydrogens is 350 g/mol. The molecule has 142 valence electrons. The molecule has 1 aromatic heterocycles. The summed E-state index contributed by atoms with van der Waals surface area (Å²) in [6.45, 7) is 3.88. The third kappa shape index (κ3) is 4.08. The maximum absolute atomic E-state index is 9.71. The highest BCUT2D eigenvalue weighted by Crippen LogP contribution is 2.28. The van der Waals surface area contributed by atoms with Crippen LogP contribution in [0.5, 0.6) is 5.75 Å². The molecule has 0 radical (unpaired) electrons. The number of piperidine rings is 1. The highest BCUT2D eigenvalue weighted by atomic mass is 16.5. The summed E-state index contributed by atoms with van der Waals surface area (Å²) in [4.78, 5) is 2.45. The smallest absolute Gasteiger partial charge is 0.167 e. The fraction of sp³-hybridized carbons (Fsp3) is 0.304. The largest absolute Gasteiger partial charge is 0.492 e. The Morgan fingerprint density at radius 3 is 2.75 bits per heavy atom. The Kier molecular flexibility index (Phi) is 5.69. The van der Waals surface area contributed by atoms with Gasteiger partial charge in [0.2, 0.25) is 0 Å². The molecule has 0 saturated carbocycles. The molecule has 5 heteroatoms. The average molecular weight is 373 g/mol. The van der Waals surface area contributed by atoms with E-state index in [1.54, 1.807) is 0 Å². The standard InChI is InChI=1S/C23H23N3O2/c24-17-19(23-20-9-3-5-11-22(20)28-25-23)16-18-8-2-4-10-21(18)27-15-14-26-12-6-1-7-13-26/h2-5,8-11,16H,1,6-7,12-15H2/b19-16+. The third-order valence-electron chi connectivity index (χ3n) is 5.09. The van der Waals surface area contributed by atoms with E-state index in [4.69, 9.17) is 9.26 Å². The number of ether oxygens (including phenoxy) is 1. The molecule has 1 fully saturated rings. The molecule has 28 heavy (non-hydrogen) atoms. The summed E-state index contributed by atoms with van der Waals surface area (Å²) >= 11 is 0. The molecule has 0 aliphatic carbocycles. The molecule has 0 N–H and O–H groups in total. The van der Waals surface area contributed by atoms with Crippen molar-refractivity contribution in [2.45, 2.75) is 19.3 Å². The Morgan fingerprint density at radius 2 is 1.89 bits per heavy atom. The van der Waals surface area contributed by atoms with Gasteiger partial charge < -0.3 is 9.26 Å². The first kappa shape index (κ1) is 18.3. The minimum Gasteiger partial charge on any atom is -0.492 e. The van der Waals surface area contributed by atoms with E-state index in [-0.39, 0.29) is 0 Å². The molecule has 1 aliphatic rings. The number of allylic oxidation sites excluding steroid dienone is 1. The zero-order chi connectivity index (χ0) is 19.2. The van der Waals surface area contributed by atoms with Gasteiger partial charge in [-0.15, -0.1) is 0 Å². The van der Waals surface area contributed by atoms with E-state index in [1.807, 2.05) is 54.6 Å². The van der Waals surface area contributed by atoms with Gasteiger partial charge in [0.1, 0.15) is 24.1 Å². The van der Waals surface area contributed by atoms with E-state index in [9.17, 15) is 5.26 Å². The van der Waals surface area contributed by atoms with Crippen LogP contribution >= 0.6 is 0 Å². The van der Waals surface area contributed by atoms with Crippen LogP contribution < -0.4 is 4.74 Å². The van der Waals surface area contributed by atoms with Gasteiger partial charge in [-0.25, -0.2) is 0 Å². The van der Waals surface area contributed by atoms with Gasteiger partial charge in [-0.3, -0.25) is 4.90 Å². The van der Waals surface area contributed by atoms with Gasteiger partial charge >= 0.3 is 0 Å². The van der Waals surface area contributed by atoms with Gasteiger partial charge in [-0.2, -0.15) is 5.26 Å². The number of hydrogen-bond acceptors (Lipinski definition) is 5. The summed E-state index contributed by atoms with van der Waals surface area (Å²) in [5.41, 5.74) is 2.55. The van der Waals surface area contributed by atoms with Crippen LogP contribution in [0, 0.1) is 11.3 Å². The van der Waals surface area contributed by atoms with Crippen LogP contribution in [0.4, 0.5) is 0 Å². The first-order valence-electron chi connectivity index (χ1n) is 9.76. The van der Waals surface area contributed by atoms with Gasteiger partial charge in [-0.1, -0.05) is 41.9 Å². The minimum atomic E-state index is 0.456. The van der Waals surface area contributed by atoms with Crippen LogP contribution in [-0.4, -0.2) is 36.3 Å². The molecule has 0 amide bonds. The molecule has 0 spiro atoms. The normalized spacial score (nSPS) is 15.5. The highest BCUT2D eigenvalue weighted by molar-refractivity contribution is 5.99. The summed E-state index contributed by atoms with van der Waals surface area (Å²) in [5, 5.41) is 14.6. The van der Waals surface area contributed by atoms with E-state index >= 15 is 0 Å². The fourth-order valence-electron chi connectivity index (χ4n) is 3.59. The molecule has 2 aromatic carbocycles. The molecule has 0 atom stereocenters. The van der Waals surface area contributed by atoms with Crippen molar-refractivity contribution < 1.29 is 9.26 Å². The van der Waals surface area contributed by atoms with Crippen LogP contribution in [0.15, 0.2) is 53.1 Å². The number of fused-ring (bicyclic) bond motifs is 1. The van der Waals surface area contributed by atoms with Crippen molar-refractivity contribution in [2.75, 3.05) is 26.2 Å². The van der Waals surface area contributed by atoms with Gasteiger partial charge in [0.05, 0.1) is 11.0 Å². The second-order valence-electron chi connectivity index (χ2n) is 6.99. The highest BCUT2D eigenvalue weighted by Gasteiger charge is 2.14. The van der Waals surface area contributed by atoms with E-state index in [1.165, 1.54) is 19.3 Å². The first-order valence-corrected chi connectivity index (χ1v) is 9.76. The third-order valence-corrected chi connectivity index (χ3v) is 5.09. The topological polar surface area (TPSA) is 62.3 Å². The van der Waals surface area contributed by atoms with Crippen molar-refractivity contribution in [1.29, 1.82) is 5.26 Å². The number of likely N-dealkylation sites (tertiary alicyclic amines) is 1. The molecule has 0 unspecified atom stereocenters. The van der Waals surface area contributed by atoms with E-state index in [0.717, 1.165) is 36.3 Å². The number of para-hydroxylation sites is 2. The summed E-state index contributed by atoms with van der Waals surface area (Å²) < 4.78 is 11.4. The van der Waals surface area contributed by atoms with Crippen molar-refractivity contribution in [1.82, 2.24) is 10.1 Å². The van der Waals surface area contributed by atoms with E-state index in [0.29, 0.717) is 23.5 Å². The zero-order valence-electron chi connectivity index (χ0n) is 15.8. The van der Waals surface area contributed by atoms with Crippen molar-refractivity contribution in [3.8, 4) is 11.8 Å². The lowest BCUT2D eigenvalue weighted by Gasteiger charge is -2.26. The maximum atomic E-state index is 9.71. The summed E-state index contributed by atoms with van der Waals surface area (Å²) in [6, 6.07) is 17.6. The van der Waals surface area contributed by atoms with Crippen molar-refractivity contribution >= 4 is 22.6 Å². The second kappa shape index (κ2) is 8.73. The molecule has 1 aliphatic heterocycles. The van der Waals surface area contributed by atoms with Crippen LogP contribution in [0.1, 0.15) is 30.5 Å². The van der Waals surface area contributed by atoms with Gasteiger partial charge in [0, 0.05) is 12.1 Å². The van der Waals surface area contributed by atoms with E-state index in [2.05, 4.69) is 16.1 Å². The number of nitrogens with zero attached hydrogens (tertiary/aromatic N) is 3. The van der Waals surface area contributed by atoms with Gasteiger partial charge in [0.25, 0.3) is 0 Å². The van der Waals surface area contributed by atoms with Crippen LogP contribution in [0.25, 0.3) is 22.6 Å². The lowest BCUT2D eigenvalue weighted by Crippen LogP contribution is -2.33. The lowest BCUT2D eigenvalue weighted by molar-refractivity contribution is 0.183. The molecule has 5 nitrogen and oxygen atoms in total. The zero-order valence-corrected chi connectivity index (χ0v) is 15.8. The first-order chi connectivity index (χ1) is 13.8. The molecule has 1 saturated heterocycles. The summed E-state index contributed by atoms with van der Waals surface area (Å²) in [6.07, 6.45) is 5.70. The van der Waals surface area contributed by atoms with Gasteiger partial charge in [-0.05, 0) is 50.2 Å². The predicted octanol–water partition coefficient (Wildman–Crippen LogP) is 4.76. The SMILES string of the molecule is N#C/C(=C\c1ccccc1OCCN1CCCCC1)c1noc2ccccc12. The number of nitriles is 1. The van der Waals surface area contributed by atoms with Gasteiger partial charge in [0.15, 0.2) is 5.58 Å². The van der Waals surface area contributed by atoms with E-state index < -0.39 is 0 Å². The van der Waals surface area contributed by atoms with Crippen LogP contribution in [-0.2, 0) is 0 Å².